The third kappa shape index (κ3) is 5.87. The second-order valence-corrected chi connectivity index (χ2v) is 5.40. The van der Waals surface area contributed by atoms with E-state index < -0.39 is 0 Å². The fraction of sp³-hybridized carbons (Fsp3) is 1.00. The quantitative estimate of drug-likeness (QED) is 0.556. The van der Waals surface area contributed by atoms with E-state index in [-0.39, 0.29) is 0 Å². The molecule has 0 heterocycles. The number of likely N-dealkylation sites (N-methyl/N-ethyl adjacent to an activating group) is 1. The largest absolute Gasteiger partial charge is 0.380 e. The fourth-order valence-electron chi connectivity index (χ4n) is 2.72. The van der Waals surface area contributed by atoms with Crippen LogP contribution in [-0.4, -0.2) is 25.8 Å². The van der Waals surface area contributed by atoms with Gasteiger partial charge in [0.15, 0.2) is 0 Å². The molecule has 102 valence electrons. The van der Waals surface area contributed by atoms with E-state index in [1.165, 1.54) is 51.4 Å². The minimum atomic E-state index is 0.459. The van der Waals surface area contributed by atoms with Crippen molar-refractivity contribution in [1.29, 1.82) is 0 Å². The van der Waals surface area contributed by atoms with Gasteiger partial charge >= 0.3 is 0 Å². The number of hydrogen-bond donors (Lipinski definition) is 1. The van der Waals surface area contributed by atoms with Crippen LogP contribution in [0.25, 0.3) is 0 Å². The molecule has 1 N–H and O–H groups in total. The first-order chi connectivity index (χ1) is 8.33. The lowest BCUT2D eigenvalue weighted by molar-refractivity contribution is 0.0480. The van der Waals surface area contributed by atoms with Crippen molar-refractivity contribution in [3.63, 3.8) is 0 Å². The van der Waals surface area contributed by atoms with E-state index in [4.69, 9.17) is 4.74 Å². The minimum Gasteiger partial charge on any atom is -0.380 e. The Balaban J connectivity index is 2.21. The molecule has 0 radical (unpaired) electrons. The maximum atomic E-state index is 5.70. The number of ether oxygens (including phenoxy) is 1. The number of unbranched alkanes of at least 4 members (excludes halogenated alkanes) is 4. The molecule has 0 aromatic heterocycles. The minimum absolute atomic E-state index is 0.459. The van der Waals surface area contributed by atoms with Gasteiger partial charge in [-0.3, -0.25) is 0 Å². The van der Waals surface area contributed by atoms with Crippen molar-refractivity contribution in [3.8, 4) is 0 Å². The second-order valence-electron chi connectivity index (χ2n) is 5.40. The first-order valence-corrected chi connectivity index (χ1v) is 7.59. The second kappa shape index (κ2) is 8.93. The van der Waals surface area contributed by atoms with Crippen molar-refractivity contribution < 1.29 is 4.74 Å². The zero-order valence-electron chi connectivity index (χ0n) is 12.0. The molecule has 0 aliphatic heterocycles. The fourth-order valence-corrected chi connectivity index (χ4v) is 2.72. The Bertz CT molecular complexity index is 180. The third-order valence-electron chi connectivity index (χ3n) is 3.84. The Morgan fingerprint density at radius 2 is 1.82 bits per heavy atom. The van der Waals surface area contributed by atoms with Gasteiger partial charge in [0, 0.05) is 13.2 Å². The first kappa shape index (κ1) is 15.0. The summed E-state index contributed by atoms with van der Waals surface area (Å²) in [5.41, 5.74) is 0. The van der Waals surface area contributed by atoms with Crippen LogP contribution in [0.5, 0.6) is 0 Å². The molecule has 0 spiro atoms. The maximum Gasteiger partial charge on any atom is 0.0752 e. The molecule has 0 bridgehead atoms. The highest BCUT2D eigenvalue weighted by Gasteiger charge is 2.36. The van der Waals surface area contributed by atoms with E-state index in [9.17, 15) is 0 Å². The summed E-state index contributed by atoms with van der Waals surface area (Å²) in [6, 6.07) is 0.583. The van der Waals surface area contributed by atoms with Gasteiger partial charge in [0.25, 0.3) is 0 Å². The summed E-state index contributed by atoms with van der Waals surface area (Å²) >= 11 is 0. The molecule has 1 aliphatic rings. The van der Waals surface area contributed by atoms with Crippen LogP contribution in [0, 0.1) is 5.92 Å². The number of methoxy groups -OCH3 is 1. The summed E-state index contributed by atoms with van der Waals surface area (Å²) in [7, 11) is 1.88. The van der Waals surface area contributed by atoms with E-state index >= 15 is 0 Å². The predicted molar refractivity (Wildman–Crippen MR) is 74.4 cm³/mol. The summed E-state index contributed by atoms with van der Waals surface area (Å²) in [5, 5.41) is 3.62. The predicted octanol–water partition coefficient (Wildman–Crippen LogP) is 3.75. The van der Waals surface area contributed by atoms with Gasteiger partial charge in [-0.15, -0.1) is 0 Å². The molecular formula is C15H31NO. The average Bonchev–Trinajstić information content (AvgIpc) is 3.14. The topological polar surface area (TPSA) is 21.3 Å². The van der Waals surface area contributed by atoms with Crippen LogP contribution in [0.1, 0.15) is 65.2 Å². The normalized spacial score (nSPS) is 19.2. The third-order valence-corrected chi connectivity index (χ3v) is 3.84. The molecule has 2 heteroatoms. The first-order valence-electron chi connectivity index (χ1n) is 7.59. The SMILES string of the molecule is CCCCCCCC(NCC)C(OC)C1CC1. The highest BCUT2D eigenvalue weighted by molar-refractivity contribution is 4.90. The van der Waals surface area contributed by atoms with E-state index in [1.54, 1.807) is 0 Å². The van der Waals surface area contributed by atoms with Gasteiger partial charge in [-0.25, -0.2) is 0 Å². The zero-order chi connectivity index (χ0) is 12.5. The van der Waals surface area contributed by atoms with Crippen LogP contribution in [-0.2, 0) is 4.74 Å². The van der Waals surface area contributed by atoms with Crippen molar-refractivity contribution in [2.75, 3.05) is 13.7 Å². The molecule has 0 aromatic carbocycles. The molecule has 0 saturated heterocycles. The Labute approximate surface area is 108 Å². The standard InChI is InChI=1S/C15H31NO/c1-4-6-7-8-9-10-14(16-5-2)15(17-3)13-11-12-13/h13-16H,4-12H2,1-3H3. The van der Waals surface area contributed by atoms with Gasteiger partial charge < -0.3 is 10.1 Å². The van der Waals surface area contributed by atoms with Crippen molar-refractivity contribution >= 4 is 0 Å². The van der Waals surface area contributed by atoms with E-state index in [0.29, 0.717) is 12.1 Å². The highest BCUT2D eigenvalue weighted by Crippen LogP contribution is 2.36. The molecule has 2 nitrogen and oxygen atoms in total. The monoisotopic (exact) mass is 241 g/mol. The Kier molecular flexibility index (Phi) is 7.87. The van der Waals surface area contributed by atoms with Crippen molar-refractivity contribution in [3.05, 3.63) is 0 Å². The van der Waals surface area contributed by atoms with Gasteiger partial charge in [0.1, 0.15) is 0 Å². The zero-order valence-corrected chi connectivity index (χ0v) is 12.0. The van der Waals surface area contributed by atoms with E-state index in [0.717, 1.165) is 12.5 Å². The molecular weight excluding hydrogens is 210 g/mol. The van der Waals surface area contributed by atoms with Crippen molar-refractivity contribution in [2.45, 2.75) is 77.4 Å². The number of nitrogens with one attached hydrogen (secondary N) is 1. The van der Waals surface area contributed by atoms with Gasteiger partial charge in [-0.2, -0.15) is 0 Å². The lowest BCUT2D eigenvalue weighted by Gasteiger charge is -2.27. The summed E-state index contributed by atoms with van der Waals surface area (Å²) in [6.45, 7) is 5.53. The Morgan fingerprint density at radius 3 is 2.35 bits per heavy atom. The van der Waals surface area contributed by atoms with Crippen molar-refractivity contribution in [2.24, 2.45) is 5.92 Å². The van der Waals surface area contributed by atoms with E-state index in [1.807, 2.05) is 7.11 Å². The Morgan fingerprint density at radius 1 is 1.12 bits per heavy atom. The van der Waals surface area contributed by atoms with Gasteiger partial charge in [0.2, 0.25) is 0 Å². The van der Waals surface area contributed by atoms with Crippen LogP contribution in [0.3, 0.4) is 0 Å². The van der Waals surface area contributed by atoms with Crippen molar-refractivity contribution in [1.82, 2.24) is 5.32 Å². The summed E-state index contributed by atoms with van der Waals surface area (Å²) in [6.07, 6.45) is 11.3. The number of rotatable bonds is 11. The molecule has 0 aromatic rings. The lowest BCUT2D eigenvalue weighted by atomic mass is 9.99. The van der Waals surface area contributed by atoms with Gasteiger partial charge in [0.05, 0.1) is 6.10 Å². The summed E-state index contributed by atoms with van der Waals surface area (Å²) in [4.78, 5) is 0. The molecule has 2 unspecified atom stereocenters. The Hall–Kier alpha value is -0.0800. The van der Waals surface area contributed by atoms with Crippen LogP contribution in [0.2, 0.25) is 0 Å². The molecule has 0 amide bonds. The van der Waals surface area contributed by atoms with Gasteiger partial charge in [-0.05, 0) is 31.7 Å². The molecule has 1 saturated carbocycles. The summed E-state index contributed by atoms with van der Waals surface area (Å²) in [5.74, 6) is 0.833. The molecule has 1 aliphatic carbocycles. The highest BCUT2D eigenvalue weighted by atomic mass is 16.5. The molecule has 1 rings (SSSR count). The van der Waals surface area contributed by atoms with Crippen LogP contribution < -0.4 is 5.32 Å². The number of hydrogen-bond acceptors (Lipinski definition) is 2. The summed E-state index contributed by atoms with van der Waals surface area (Å²) < 4.78 is 5.70. The lowest BCUT2D eigenvalue weighted by Crippen LogP contribution is -2.42. The molecule has 2 atom stereocenters. The van der Waals surface area contributed by atoms with Gasteiger partial charge in [-0.1, -0.05) is 46.0 Å². The molecule has 17 heavy (non-hydrogen) atoms. The van der Waals surface area contributed by atoms with Crippen LogP contribution >= 0.6 is 0 Å². The van der Waals surface area contributed by atoms with E-state index in [2.05, 4.69) is 19.2 Å². The van der Waals surface area contributed by atoms with Crippen LogP contribution in [0.15, 0.2) is 0 Å². The maximum absolute atomic E-state index is 5.70. The molecule has 1 fully saturated rings. The average molecular weight is 241 g/mol. The smallest absolute Gasteiger partial charge is 0.0752 e. The van der Waals surface area contributed by atoms with Crippen LogP contribution in [0.4, 0.5) is 0 Å².